The predicted molar refractivity (Wildman–Crippen MR) is 78.3 cm³/mol. The van der Waals surface area contributed by atoms with E-state index in [2.05, 4.69) is 6.58 Å². The Hall–Kier alpha value is -2.53. The van der Waals surface area contributed by atoms with Crippen molar-refractivity contribution in [2.45, 2.75) is 19.6 Å². The molecular weight excluding hydrogens is 272 g/mol. The van der Waals surface area contributed by atoms with E-state index in [1.165, 1.54) is 12.3 Å². The van der Waals surface area contributed by atoms with Gasteiger partial charge in [0.2, 0.25) is 6.29 Å². The zero-order chi connectivity index (χ0) is 15.0. The molecule has 3 rings (SSSR count). The van der Waals surface area contributed by atoms with Gasteiger partial charge in [-0.15, -0.1) is 0 Å². The second kappa shape index (κ2) is 5.10. The zero-order valence-electron chi connectivity index (χ0n) is 11.5. The van der Waals surface area contributed by atoms with Crippen LogP contribution < -0.4 is 10.4 Å². The summed E-state index contributed by atoms with van der Waals surface area (Å²) >= 11 is 0. The Morgan fingerprint density at radius 3 is 2.86 bits per heavy atom. The summed E-state index contributed by atoms with van der Waals surface area (Å²) < 4.78 is 16.1. The van der Waals surface area contributed by atoms with Gasteiger partial charge in [-0.25, -0.2) is 4.79 Å². The van der Waals surface area contributed by atoms with Crippen molar-refractivity contribution < 1.29 is 18.7 Å². The van der Waals surface area contributed by atoms with Crippen LogP contribution in [0.3, 0.4) is 0 Å². The van der Waals surface area contributed by atoms with Gasteiger partial charge in [-0.3, -0.25) is 0 Å². The molecule has 0 spiro atoms. The summed E-state index contributed by atoms with van der Waals surface area (Å²) in [5.41, 5.74) is 1.22. The molecule has 0 aliphatic rings. The summed E-state index contributed by atoms with van der Waals surface area (Å²) in [6.07, 6.45) is 0.796. The SMILES string of the molecule is C=C(C)CC(O)Oc1c2ccoc2cc2oc(=O)ccc12. The van der Waals surface area contributed by atoms with Gasteiger partial charge in [0, 0.05) is 18.6 Å². The first-order valence-corrected chi connectivity index (χ1v) is 6.48. The molecule has 0 aliphatic heterocycles. The van der Waals surface area contributed by atoms with Crippen molar-refractivity contribution in [2.75, 3.05) is 0 Å². The molecule has 0 saturated heterocycles. The maximum atomic E-state index is 11.3. The Balaban J connectivity index is 2.18. The molecule has 0 radical (unpaired) electrons. The average molecular weight is 286 g/mol. The monoisotopic (exact) mass is 286 g/mol. The summed E-state index contributed by atoms with van der Waals surface area (Å²) in [4.78, 5) is 11.3. The number of fused-ring (bicyclic) bond motifs is 2. The quantitative estimate of drug-likeness (QED) is 0.453. The molecule has 5 nitrogen and oxygen atoms in total. The lowest BCUT2D eigenvalue weighted by Gasteiger charge is -2.15. The maximum Gasteiger partial charge on any atom is 0.336 e. The summed E-state index contributed by atoms with van der Waals surface area (Å²) in [6, 6.07) is 6.29. The fourth-order valence-corrected chi connectivity index (χ4v) is 2.21. The molecule has 5 heteroatoms. The van der Waals surface area contributed by atoms with E-state index in [0.717, 1.165) is 5.57 Å². The highest BCUT2D eigenvalue weighted by Gasteiger charge is 2.16. The number of ether oxygens (including phenoxy) is 1. The molecule has 3 aromatic rings. The normalized spacial score (nSPS) is 12.7. The minimum atomic E-state index is -1.03. The van der Waals surface area contributed by atoms with Gasteiger partial charge >= 0.3 is 5.63 Å². The van der Waals surface area contributed by atoms with E-state index in [9.17, 15) is 9.90 Å². The van der Waals surface area contributed by atoms with Crippen LogP contribution in [0.15, 0.2) is 56.3 Å². The van der Waals surface area contributed by atoms with Crippen LogP contribution in [0.5, 0.6) is 5.75 Å². The Morgan fingerprint density at radius 2 is 2.10 bits per heavy atom. The molecule has 2 aromatic heterocycles. The summed E-state index contributed by atoms with van der Waals surface area (Å²) in [5.74, 6) is 0.425. The number of rotatable bonds is 4. The van der Waals surface area contributed by atoms with Crippen LogP contribution in [0.1, 0.15) is 13.3 Å². The molecule has 1 atom stereocenters. The summed E-state index contributed by atoms with van der Waals surface area (Å²) in [6.45, 7) is 5.55. The Morgan fingerprint density at radius 1 is 1.33 bits per heavy atom. The Kier molecular flexibility index (Phi) is 3.27. The largest absolute Gasteiger partial charge is 0.464 e. The van der Waals surface area contributed by atoms with Gasteiger partial charge in [0.1, 0.15) is 16.9 Å². The van der Waals surface area contributed by atoms with Gasteiger partial charge in [-0.2, -0.15) is 0 Å². The van der Waals surface area contributed by atoms with E-state index < -0.39 is 11.9 Å². The lowest BCUT2D eigenvalue weighted by molar-refractivity contribution is -0.0135. The zero-order valence-corrected chi connectivity index (χ0v) is 11.5. The van der Waals surface area contributed by atoms with Crippen molar-refractivity contribution in [1.82, 2.24) is 0 Å². The fraction of sp³-hybridized carbons (Fsp3) is 0.188. The fourth-order valence-electron chi connectivity index (χ4n) is 2.21. The molecular formula is C16H14O5. The smallest absolute Gasteiger partial charge is 0.336 e. The summed E-state index contributed by atoms with van der Waals surface area (Å²) in [5, 5.41) is 11.3. The van der Waals surface area contributed by atoms with Crippen LogP contribution in [0.25, 0.3) is 21.9 Å². The number of aliphatic hydroxyl groups is 1. The third-order valence-corrected chi connectivity index (χ3v) is 3.09. The topological polar surface area (TPSA) is 72.8 Å². The molecule has 1 N–H and O–H groups in total. The minimum absolute atomic E-state index is 0.312. The van der Waals surface area contributed by atoms with Crippen LogP contribution in [-0.4, -0.2) is 11.4 Å². The number of hydrogen-bond donors (Lipinski definition) is 1. The average Bonchev–Trinajstić information content (AvgIpc) is 2.85. The molecule has 0 fully saturated rings. The molecule has 0 saturated carbocycles. The van der Waals surface area contributed by atoms with Crippen LogP contribution in [0.2, 0.25) is 0 Å². The van der Waals surface area contributed by atoms with E-state index >= 15 is 0 Å². The van der Waals surface area contributed by atoms with Crippen LogP contribution in [-0.2, 0) is 0 Å². The predicted octanol–water partition coefficient (Wildman–Crippen LogP) is 3.20. The van der Waals surface area contributed by atoms with Gasteiger partial charge in [-0.05, 0) is 19.1 Å². The molecule has 21 heavy (non-hydrogen) atoms. The second-order valence-electron chi connectivity index (χ2n) is 4.94. The van der Waals surface area contributed by atoms with E-state index in [4.69, 9.17) is 13.6 Å². The highest BCUT2D eigenvalue weighted by molar-refractivity contribution is 6.01. The minimum Gasteiger partial charge on any atom is -0.464 e. The van der Waals surface area contributed by atoms with Crippen molar-refractivity contribution in [3.63, 3.8) is 0 Å². The maximum absolute atomic E-state index is 11.3. The van der Waals surface area contributed by atoms with Crippen molar-refractivity contribution in [3.05, 3.63) is 53.1 Å². The first kappa shape index (κ1) is 13.5. The molecule has 2 heterocycles. The lowest BCUT2D eigenvalue weighted by Crippen LogP contribution is -2.16. The number of aliphatic hydroxyl groups excluding tert-OH is 1. The number of hydrogen-bond acceptors (Lipinski definition) is 5. The third kappa shape index (κ3) is 2.55. The van der Waals surface area contributed by atoms with Crippen molar-refractivity contribution >= 4 is 21.9 Å². The van der Waals surface area contributed by atoms with Gasteiger partial charge in [0.15, 0.2) is 0 Å². The number of benzene rings is 1. The molecule has 1 unspecified atom stereocenters. The Labute approximate surface area is 120 Å². The molecule has 108 valence electrons. The van der Waals surface area contributed by atoms with Gasteiger partial charge < -0.3 is 18.7 Å². The third-order valence-electron chi connectivity index (χ3n) is 3.09. The van der Waals surface area contributed by atoms with Gasteiger partial charge in [0.05, 0.1) is 17.0 Å². The van der Waals surface area contributed by atoms with E-state index in [0.29, 0.717) is 34.1 Å². The standard InChI is InChI=1S/C16H14O5/c1-9(2)7-15(18)21-16-10-3-4-14(17)20-13(10)8-12-11(16)5-6-19-12/h3-6,8,15,18H,1,7H2,2H3. The lowest BCUT2D eigenvalue weighted by atomic mass is 10.1. The van der Waals surface area contributed by atoms with Crippen molar-refractivity contribution in [2.24, 2.45) is 0 Å². The van der Waals surface area contributed by atoms with E-state index in [1.807, 2.05) is 6.92 Å². The highest BCUT2D eigenvalue weighted by atomic mass is 16.6. The second-order valence-corrected chi connectivity index (χ2v) is 4.94. The van der Waals surface area contributed by atoms with E-state index in [-0.39, 0.29) is 0 Å². The molecule has 0 bridgehead atoms. The van der Waals surface area contributed by atoms with Crippen molar-refractivity contribution in [1.29, 1.82) is 0 Å². The number of furan rings is 1. The van der Waals surface area contributed by atoms with Crippen molar-refractivity contribution in [3.8, 4) is 5.75 Å². The molecule has 0 aliphatic carbocycles. The van der Waals surface area contributed by atoms with Gasteiger partial charge in [-0.1, -0.05) is 12.2 Å². The van der Waals surface area contributed by atoms with Gasteiger partial charge in [0.25, 0.3) is 0 Å². The van der Waals surface area contributed by atoms with Crippen LogP contribution in [0, 0.1) is 0 Å². The first-order valence-electron chi connectivity index (χ1n) is 6.48. The first-order chi connectivity index (χ1) is 10.0. The summed E-state index contributed by atoms with van der Waals surface area (Å²) in [7, 11) is 0. The molecule has 1 aromatic carbocycles. The van der Waals surface area contributed by atoms with Crippen LogP contribution >= 0.6 is 0 Å². The molecule has 0 amide bonds. The van der Waals surface area contributed by atoms with Crippen LogP contribution in [0.4, 0.5) is 0 Å². The van der Waals surface area contributed by atoms with E-state index in [1.54, 1.807) is 18.2 Å². The highest BCUT2D eigenvalue weighted by Crippen LogP contribution is 2.35. The Bertz CT molecular complexity index is 871.